The van der Waals surface area contributed by atoms with Crippen molar-refractivity contribution in [1.29, 1.82) is 0 Å². The SMILES string of the molecule is CS(=O)CCCNC(=O)c1cnc(N)c(Cl)c1. The molecule has 1 aromatic heterocycles. The second kappa shape index (κ2) is 6.56. The van der Waals surface area contributed by atoms with Crippen molar-refractivity contribution in [2.24, 2.45) is 0 Å². The van der Waals surface area contributed by atoms with E-state index in [2.05, 4.69) is 10.3 Å². The lowest BCUT2D eigenvalue weighted by Crippen LogP contribution is -2.25. The van der Waals surface area contributed by atoms with Crippen LogP contribution in [0.5, 0.6) is 0 Å². The number of hydrogen-bond acceptors (Lipinski definition) is 4. The lowest BCUT2D eigenvalue weighted by atomic mass is 10.2. The molecule has 0 aliphatic heterocycles. The Kier molecular flexibility index (Phi) is 5.37. The zero-order chi connectivity index (χ0) is 12.8. The molecule has 94 valence electrons. The molecule has 1 unspecified atom stereocenters. The first-order valence-electron chi connectivity index (χ1n) is 5.00. The number of carbonyl (C=O) groups is 1. The highest BCUT2D eigenvalue weighted by Crippen LogP contribution is 2.16. The van der Waals surface area contributed by atoms with Gasteiger partial charge >= 0.3 is 0 Å². The molecule has 3 N–H and O–H groups in total. The molecule has 1 aromatic rings. The van der Waals surface area contributed by atoms with Crippen molar-refractivity contribution in [2.45, 2.75) is 6.42 Å². The van der Waals surface area contributed by atoms with Crippen molar-refractivity contribution in [2.75, 3.05) is 24.3 Å². The van der Waals surface area contributed by atoms with E-state index in [0.717, 1.165) is 0 Å². The van der Waals surface area contributed by atoms with Crippen molar-refractivity contribution in [3.63, 3.8) is 0 Å². The zero-order valence-corrected chi connectivity index (χ0v) is 11.0. The summed E-state index contributed by atoms with van der Waals surface area (Å²) in [5.74, 6) is 0.506. The minimum Gasteiger partial charge on any atom is -0.382 e. The number of amides is 1. The van der Waals surface area contributed by atoms with Gasteiger partial charge < -0.3 is 11.1 Å². The summed E-state index contributed by atoms with van der Waals surface area (Å²) >= 11 is 5.75. The van der Waals surface area contributed by atoms with Crippen LogP contribution in [0.25, 0.3) is 0 Å². The van der Waals surface area contributed by atoms with Crippen molar-refractivity contribution < 1.29 is 9.00 Å². The summed E-state index contributed by atoms with van der Waals surface area (Å²) in [4.78, 5) is 15.4. The molecule has 0 aliphatic rings. The van der Waals surface area contributed by atoms with Gasteiger partial charge in [0.25, 0.3) is 5.91 Å². The predicted octanol–water partition coefficient (Wildman–Crippen LogP) is 0.816. The quantitative estimate of drug-likeness (QED) is 0.779. The van der Waals surface area contributed by atoms with Crippen LogP contribution in [0.4, 0.5) is 5.82 Å². The molecule has 7 heteroatoms. The van der Waals surface area contributed by atoms with E-state index in [1.165, 1.54) is 12.3 Å². The number of nitrogen functional groups attached to an aromatic ring is 1. The summed E-state index contributed by atoms with van der Waals surface area (Å²) in [7, 11) is -0.833. The zero-order valence-electron chi connectivity index (χ0n) is 9.40. The maximum absolute atomic E-state index is 11.6. The minimum absolute atomic E-state index is 0.199. The number of anilines is 1. The molecule has 0 fully saturated rings. The van der Waals surface area contributed by atoms with Gasteiger partial charge in [0.05, 0.1) is 10.6 Å². The van der Waals surface area contributed by atoms with Gasteiger partial charge in [-0.2, -0.15) is 0 Å². The third kappa shape index (κ3) is 4.70. The fourth-order valence-corrected chi connectivity index (χ4v) is 1.87. The van der Waals surface area contributed by atoms with Gasteiger partial charge in [-0.25, -0.2) is 4.98 Å². The molecule has 17 heavy (non-hydrogen) atoms. The standard InChI is InChI=1S/C10H14ClN3O2S/c1-17(16)4-2-3-13-10(15)7-5-8(11)9(12)14-6-7/h5-6H,2-4H2,1H3,(H2,12,14)(H,13,15). The van der Waals surface area contributed by atoms with Gasteiger partial charge in [-0.05, 0) is 12.5 Å². The Hall–Kier alpha value is -1.14. The Morgan fingerprint density at radius 3 is 2.94 bits per heavy atom. The average molecular weight is 276 g/mol. The van der Waals surface area contributed by atoms with Crippen LogP contribution >= 0.6 is 11.6 Å². The van der Waals surface area contributed by atoms with Crippen LogP contribution in [0.15, 0.2) is 12.3 Å². The monoisotopic (exact) mass is 275 g/mol. The largest absolute Gasteiger partial charge is 0.382 e. The van der Waals surface area contributed by atoms with Crippen molar-refractivity contribution in [3.8, 4) is 0 Å². The molecule has 1 rings (SSSR count). The Labute approximate surface area is 107 Å². The maximum atomic E-state index is 11.6. The highest BCUT2D eigenvalue weighted by molar-refractivity contribution is 7.84. The maximum Gasteiger partial charge on any atom is 0.252 e. The van der Waals surface area contributed by atoms with Gasteiger partial charge in [0.15, 0.2) is 0 Å². The van der Waals surface area contributed by atoms with Gasteiger partial charge in [0, 0.05) is 35.5 Å². The Morgan fingerprint density at radius 2 is 2.35 bits per heavy atom. The van der Waals surface area contributed by atoms with Crippen LogP contribution in [0.1, 0.15) is 16.8 Å². The third-order valence-corrected chi connectivity index (χ3v) is 3.19. The van der Waals surface area contributed by atoms with Crippen LogP contribution in [-0.2, 0) is 10.8 Å². The normalized spacial score (nSPS) is 12.1. The van der Waals surface area contributed by atoms with Crippen LogP contribution < -0.4 is 11.1 Å². The minimum atomic E-state index is -0.833. The lowest BCUT2D eigenvalue weighted by Gasteiger charge is -2.05. The number of hydrogen-bond donors (Lipinski definition) is 2. The first-order chi connectivity index (χ1) is 8.00. The summed E-state index contributed by atoms with van der Waals surface area (Å²) in [5.41, 5.74) is 5.80. The van der Waals surface area contributed by atoms with E-state index in [1.54, 1.807) is 6.26 Å². The fraction of sp³-hybridized carbons (Fsp3) is 0.400. The number of carbonyl (C=O) groups excluding carboxylic acids is 1. The number of pyridine rings is 1. The molecule has 0 radical (unpaired) electrons. The predicted molar refractivity (Wildman–Crippen MR) is 69.5 cm³/mol. The number of rotatable bonds is 5. The summed E-state index contributed by atoms with van der Waals surface area (Å²) in [5, 5.41) is 2.94. The molecule has 0 saturated carbocycles. The molecular weight excluding hydrogens is 262 g/mol. The van der Waals surface area contributed by atoms with E-state index in [-0.39, 0.29) is 16.7 Å². The Balaban J connectivity index is 2.47. The van der Waals surface area contributed by atoms with E-state index in [4.69, 9.17) is 17.3 Å². The van der Waals surface area contributed by atoms with E-state index < -0.39 is 10.8 Å². The van der Waals surface area contributed by atoms with Gasteiger partial charge in [0.1, 0.15) is 5.82 Å². The second-order valence-electron chi connectivity index (χ2n) is 3.48. The first-order valence-corrected chi connectivity index (χ1v) is 7.10. The molecule has 0 saturated heterocycles. The molecule has 5 nitrogen and oxygen atoms in total. The van der Waals surface area contributed by atoms with Crippen LogP contribution in [0.2, 0.25) is 5.02 Å². The van der Waals surface area contributed by atoms with Gasteiger partial charge in [-0.15, -0.1) is 0 Å². The van der Waals surface area contributed by atoms with Crippen molar-refractivity contribution >= 4 is 34.1 Å². The van der Waals surface area contributed by atoms with E-state index >= 15 is 0 Å². The van der Waals surface area contributed by atoms with Crippen LogP contribution in [0.3, 0.4) is 0 Å². The Bertz CT molecular complexity index is 440. The van der Waals surface area contributed by atoms with Crippen molar-refractivity contribution in [3.05, 3.63) is 22.8 Å². The lowest BCUT2D eigenvalue weighted by molar-refractivity contribution is 0.0953. The highest BCUT2D eigenvalue weighted by Gasteiger charge is 2.07. The average Bonchev–Trinajstić information content (AvgIpc) is 2.27. The smallest absolute Gasteiger partial charge is 0.252 e. The van der Waals surface area contributed by atoms with Gasteiger partial charge in [0.2, 0.25) is 0 Å². The fourth-order valence-electron chi connectivity index (χ4n) is 1.15. The third-order valence-electron chi connectivity index (χ3n) is 2.03. The number of nitrogens with one attached hydrogen (secondary N) is 1. The summed E-state index contributed by atoms with van der Waals surface area (Å²) < 4.78 is 10.8. The van der Waals surface area contributed by atoms with Crippen molar-refractivity contribution in [1.82, 2.24) is 10.3 Å². The van der Waals surface area contributed by atoms with E-state index in [9.17, 15) is 9.00 Å². The Morgan fingerprint density at radius 1 is 1.65 bits per heavy atom. The summed E-state index contributed by atoms with van der Waals surface area (Å²) in [6.45, 7) is 0.473. The molecule has 0 aliphatic carbocycles. The number of nitrogens with zero attached hydrogens (tertiary/aromatic N) is 1. The molecular formula is C10H14ClN3O2S. The highest BCUT2D eigenvalue weighted by atomic mass is 35.5. The van der Waals surface area contributed by atoms with E-state index in [0.29, 0.717) is 24.3 Å². The molecule has 1 heterocycles. The first kappa shape index (κ1) is 13.9. The molecule has 0 spiro atoms. The molecule has 1 atom stereocenters. The molecule has 0 bridgehead atoms. The van der Waals surface area contributed by atoms with Crippen LogP contribution in [-0.4, -0.2) is 33.7 Å². The van der Waals surface area contributed by atoms with Gasteiger partial charge in [-0.3, -0.25) is 9.00 Å². The summed E-state index contributed by atoms with van der Waals surface area (Å²) in [6, 6.07) is 1.47. The summed E-state index contributed by atoms with van der Waals surface area (Å²) in [6.07, 6.45) is 3.67. The number of halogens is 1. The molecule has 1 amide bonds. The topological polar surface area (TPSA) is 85.1 Å². The van der Waals surface area contributed by atoms with Crippen LogP contribution in [0, 0.1) is 0 Å². The molecule has 0 aromatic carbocycles. The van der Waals surface area contributed by atoms with E-state index in [1.807, 2.05) is 0 Å². The number of aromatic nitrogens is 1. The second-order valence-corrected chi connectivity index (χ2v) is 5.44. The van der Waals surface area contributed by atoms with Gasteiger partial charge in [-0.1, -0.05) is 11.6 Å². The number of nitrogens with two attached hydrogens (primary N) is 1.